The van der Waals surface area contributed by atoms with Gasteiger partial charge in [-0.3, -0.25) is 9.78 Å². The number of carbonyl (C=O) groups is 1. The van der Waals surface area contributed by atoms with Crippen LogP contribution in [0.4, 0.5) is 0 Å². The first-order valence-electron chi connectivity index (χ1n) is 6.94. The zero-order valence-electron chi connectivity index (χ0n) is 12.1. The van der Waals surface area contributed by atoms with Gasteiger partial charge in [0.15, 0.2) is 5.78 Å². The molecule has 4 nitrogen and oxygen atoms in total. The number of ether oxygens (including phenoxy) is 2. The lowest BCUT2D eigenvalue weighted by atomic mass is 9.94. The summed E-state index contributed by atoms with van der Waals surface area (Å²) < 4.78 is 10.5. The summed E-state index contributed by atoms with van der Waals surface area (Å²) in [5, 5.41) is 0. The van der Waals surface area contributed by atoms with Gasteiger partial charge in [-0.1, -0.05) is 6.07 Å². The van der Waals surface area contributed by atoms with E-state index >= 15 is 0 Å². The number of methoxy groups -OCH3 is 2. The van der Waals surface area contributed by atoms with E-state index in [-0.39, 0.29) is 11.7 Å². The molecule has 1 aromatic heterocycles. The van der Waals surface area contributed by atoms with Crippen molar-refractivity contribution in [3.63, 3.8) is 0 Å². The molecule has 108 valence electrons. The van der Waals surface area contributed by atoms with Gasteiger partial charge in [-0.05, 0) is 36.6 Å². The van der Waals surface area contributed by atoms with Crippen LogP contribution in [0, 0.1) is 0 Å². The Hall–Kier alpha value is -2.36. The van der Waals surface area contributed by atoms with Crippen LogP contribution in [-0.4, -0.2) is 25.0 Å². The first-order valence-corrected chi connectivity index (χ1v) is 6.94. The molecular formula is C17H17NO3. The Balaban J connectivity index is 1.97. The zero-order valence-corrected chi connectivity index (χ0v) is 12.1. The fourth-order valence-corrected chi connectivity index (χ4v) is 2.86. The molecule has 0 aliphatic heterocycles. The molecule has 2 aromatic rings. The molecule has 0 spiro atoms. The van der Waals surface area contributed by atoms with Crippen molar-refractivity contribution in [3.8, 4) is 11.5 Å². The maximum absolute atomic E-state index is 12.8. The third-order valence-corrected chi connectivity index (χ3v) is 3.95. The maximum Gasteiger partial charge on any atom is 0.175 e. The van der Waals surface area contributed by atoms with Crippen LogP contribution in [0.2, 0.25) is 0 Å². The number of carbonyl (C=O) groups excluding carboxylic acids is 1. The molecule has 3 rings (SSSR count). The number of rotatable bonds is 4. The van der Waals surface area contributed by atoms with Gasteiger partial charge >= 0.3 is 0 Å². The predicted molar refractivity (Wildman–Crippen MR) is 79.2 cm³/mol. The third-order valence-electron chi connectivity index (χ3n) is 3.95. The summed E-state index contributed by atoms with van der Waals surface area (Å²) in [5.74, 6) is 1.10. The van der Waals surface area contributed by atoms with Gasteiger partial charge in [-0.25, -0.2) is 0 Å². The fourth-order valence-electron chi connectivity index (χ4n) is 2.86. The van der Waals surface area contributed by atoms with Crippen LogP contribution in [0.5, 0.6) is 11.5 Å². The van der Waals surface area contributed by atoms with E-state index in [4.69, 9.17) is 9.47 Å². The van der Waals surface area contributed by atoms with Crippen molar-refractivity contribution in [1.82, 2.24) is 4.98 Å². The van der Waals surface area contributed by atoms with Crippen LogP contribution in [0.1, 0.15) is 34.0 Å². The van der Waals surface area contributed by atoms with Gasteiger partial charge in [-0.15, -0.1) is 0 Å². The Bertz CT molecular complexity index is 681. The highest BCUT2D eigenvalue weighted by Crippen LogP contribution is 2.36. The molecule has 1 aliphatic carbocycles. The molecule has 0 bridgehead atoms. The molecule has 1 atom stereocenters. The van der Waals surface area contributed by atoms with Crippen LogP contribution in [0.3, 0.4) is 0 Å². The van der Waals surface area contributed by atoms with Gasteiger partial charge in [0.25, 0.3) is 0 Å². The summed E-state index contributed by atoms with van der Waals surface area (Å²) in [6, 6.07) is 9.24. The van der Waals surface area contributed by atoms with Crippen LogP contribution >= 0.6 is 0 Å². The largest absolute Gasteiger partial charge is 0.497 e. The smallest absolute Gasteiger partial charge is 0.175 e. The van der Waals surface area contributed by atoms with Crippen molar-refractivity contribution in [2.45, 2.75) is 18.8 Å². The second-order valence-electron chi connectivity index (χ2n) is 5.07. The molecule has 0 saturated carbocycles. The number of nitrogens with zero attached hydrogens (tertiary/aromatic N) is 1. The molecule has 0 amide bonds. The Morgan fingerprint density at radius 2 is 2.10 bits per heavy atom. The molecule has 1 unspecified atom stereocenters. The number of fused-ring (bicyclic) bond motifs is 1. The topological polar surface area (TPSA) is 48.4 Å². The molecule has 0 N–H and O–H groups in total. The second-order valence-corrected chi connectivity index (χ2v) is 5.07. The molecule has 1 aromatic carbocycles. The normalized spacial score (nSPS) is 16.4. The van der Waals surface area contributed by atoms with Crippen molar-refractivity contribution in [3.05, 3.63) is 53.3 Å². The van der Waals surface area contributed by atoms with Crippen molar-refractivity contribution >= 4 is 5.78 Å². The van der Waals surface area contributed by atoms with Crippen molar-refractivity contribution < 1.29 is 14.3 Å². The standard InChI is InChI=1S/C17H17NO3/c1-20-12-6-8-13(15(10-12)21-2)17(19)14-7-5-11-4-3-9-18-16(11)14/h3-4,6,8-10,14H,5,7H2,1-2H3. The van der Waals surface area contributed by atoms with Gasteiger partial charge < -0.3 is 9.47 Å². The van der Waals surface area contributed by atoms with E-state index in [2.05, 4.69) is 4.98 Å². The van der Waals surface area contributed by atoms with Gasteiger partial charge in [0.05, 0.1) is 31.4 Å². The van der Waals surface area contributed by atoms with Crippen LogP contribution < -0.4 is 9.47 Å². The summed E-state index contributed by atoms with van der Waals surface area (Å²) in [4.78, 5) is 17.2. The Morgan fingerprint density at radius 3 is 2.86 bits per heavy atom. The number of aryl methyl sites for hydroxylation is 1. The minimum Gasteiger partial charge on any atom is -0.497 e. The molecule has 1 aliphatic rings. The molecule has 0 fully saturated rings. The van der Waals surface area contributed by atoms with Crippen molar-refractivity contribution in [2.24, 2.45) is 0 Å². The molecule has 0 radical (unpaired) electrons. The van der Waals surface area contributed by atoms with Crippen LogP contribution in [-0.2, 0) is 6.42 Å². The fraction of sp³-hybridized carbons (Fsp3) is 0.294. The summed E-state index contributed by atoms with van der Waals surface area (Å²) in [6.45, 7) is 0. The Morgan fingerprint density at radius 1 is 1.24 bits per heavy atom. The van der Waals surface area contributed by atoms with E-state index in [0.29, 0.717) is 17.1 Å². The van der Waals surface area contributed by atoms with Crippen LogP contribution in [0.25, 0.3) is 0 Å². The monoisotopic (exact) mass is 283 g/mol. The number of ketones is 1. The summed E-state index contributed by atoms with van der Waals surface area (Å²) in [5.41, 5.74) is 2.66. The lowest BCUT2D eigenvalue weighted by Crippen LogP contribution is -2.12. The third kappa shape index (κ3) is 2.37. The number of Topliss-reactive ketones (excluding diaryl/α,β-unsaturated/α-hetero) is 1. The Kier molecular flexibility index (Phi) is 3.60. The molecule has 4 heteroatoms. The maximum atomic E-state index is 12.8. The first-order chi connectivity index (χ1) is 10.2. The summed E-state index contributed by atoms with van der Waals surface area (Å²) >= 11 is 0. The lowest BCUT2D eigenvalue weighted by Gasteiger charge is -2.13. The highest BCUT2D eigenvalue weighted by Gasteiger charge is 2.31. The van der Waals surface area contributed by atoms with Crippen molar-refractivity contribution in [1.29, 1.82) is 0 Å². The minimum absolute atomic E-state index is 0.0620. The van der Waals surface area contributed by atoms with Crippen LogP contribution in [0.15, 0.2) is 36.5 Å². The van der Waals surface area contributed by atoms with Gasteiger partial charge in [0, 0.05) is 12.3 Å². The van der Waals surface area contributed by atoms with E-state index in [0.717, 1.165) is 18.5 Å². The molecule has 21 heavy (non-hydrogen) atoms. The molecule has 0 saturated heterocycles. The van der Waals surface area contributed by atoms with Crippen molar-refractivity contribution in [2.75, 3.05) is 14.2 Å². The average molecular weight is 283 g/mol. The Labute approximate surface area is 123 Å². The SMILES string of the molecule is COc1ccc(C(=O)C2CCc3cccnc32)c(OC)c1. The minimum atomic E-state index is -0.177. The second kappa shape index (κ2) is 5.56. The number of hydrogen-bond donors (Lipinski definition) is 0. The number of pyridine rings is 1. The predicted octanol–water partition coefficient (Wildman–Crippen LogP) is 3.01. The van der Waals surface area contributed by atoms with E-state index in [1.807, 2.05) is 12.1 Å². The van der Waals surface area contributed by atoms with E-state index in [9.17, 15) is 4.79 Å². The highest BCUT2D eigenvalue weighted by atomic mass is 16.5. The quantitative estimate of drug-likeness (QED) is 0.809. The van der Waals surface area contributed by atoms with E-state index < -0.39 is 0 Å². The van der Waals surface area contributed by atoms with Gasteiger partial charge in [-0.2, -0.15) is 0 Å². The van der Waals surface area contributed by atoms with E-state index in [1.165, 1.54) is 5.56 Å². The average Bonchev–Trinajstić information content (AvgIpc) is 2.97. The summed E-state index contributed by atoms with van der Waals surface area (Å²) in [6.07, 6.45) is 3.45. The van der Waals surface area contributed by atoms with E-state index in [1.54, 1.807) is 38.6 Å². The highest BCUT2D eigenvalue weighted by molar-refractivity contribution is 6.03. The first kappa shape index (κ1) is 13.6. The molecule has 1 heterocycles. The zero-order chi connectivity index (χ0) is 14.8. The number of aromatic nitrogens is 1. The lowest BCUT2D eigenvalue weighted by molar-refractivity contribution is 0.0955. The molecular weight excluding hydrogens is 266 g/mol. The number of hydrogen-bond acceptors (Lipinski definition) is 4. The van der Waals surface area contributed by atoms with Gasteiger partial charge in [0.2, 0.25) is 0 Å². The van der Waals surface area contributed by atoms with Gasteiger partial charge in [0.1, 0.15) is 11.5 Å². The number of benzene rings is 1. The summed E-state index contributed by atoms with van der Waals surface area (Å²) in [7, 11) is 3.15.